The van der Waals surface area contributed by atoms with E-state index in [1.807, 2.05) is 6.07 Å². The Morgan fingerprint density at radius 2 is 0.746 bits per heavy atom. The summed E-state index contributed by atoms with van der Waals surface area (Å²) in [5.41, 5.74) is 16.8. The maximum atomic E-state index is 5.37. The Balaban J connectivity index is 1.08. The highest BCUT2D eigenvalue weighted by atomic mass is 14.9. The molecule has 0 unspecified atom stereocenters. The van der Waals surface area contributed by atoms with Crippen LogP contribution in [-0.4, -0.2) is 9.97 Å². The molecule has 0 aliphatic heterocycles. The van der Waals surface area contributed by atoms with Gasteiger partial charge in [-0.15, -0.1) is 0 Å². The van der Waals surface area contributed by atoms with Gasteiger partial charge in [0.05, 0.1) is 16.8 Å². The first-order valence-corrected chi connectivity index (χ1v) is 21.7. The highest BCUT2D eigenvalue weighted by Crippen LogP contribution is 2.58. The van der Waals surface area contributed by atoms with E-state index in [0.29, 0.717) is 5.82 Å². The highest BCUT2D eigenvalue weighted by Gasteiger charge is 2.46. The van der Waals surface area contributed by atoms with Crippen molar-refractivity contribution in [3.63, 3.8) is 0 Å². The second kappa shape index (κ2) is 15.1. The quantitative estimate of drug-likeness (QED) is 0.160. The molecule has 10 aromatic carbocycles. The van der Waals surface area contributed by atoms with Crippen molar-refractivity contribution in [2.24, 2.45) is 0 Å². The molecule has 2 heteroatoms. The Kier molecular flexibility index (Phi) is 8.76. The number of fused-ring (bicyclic) bond motifs is 5. The number of aromatic nitrogens is 2. The van der Waals surface area contributed by atoms with Gasteiger partial charge in [-0.25, -0.2) is 9.97 Å². The van der Waals surface area contributed by atoms with Crippen LogP contribution in [0.5, 0.6) is 0 Å². The summed E-state index contributed by atoms with van der Waals surface area (Å²) in [5.74, 6) is 0.694. The topological polar surface area (TPSA) is 25.8 Å². The largest absolute Gasteiger partial charge is 0.228 e. The van der Waals surface area contributed by atoms with E-state index in [-0.39, 0.29) is 0 Å². The van der Waals surface area contributed by atoms with Crippen LogP contribution in [0.25, 0.3) is 88.8 Å². The van der Waals surface area contributed by atoms with E-state index >= 15 is 0 Å². The van der Waals surface area contributed by atoms with Gasteiger partial charge in [0.2, 0.25) is 0 Å². The van der Waals surface area contributed by atoms with E-state index in [9.17, 15) is 0 Å². The van der Waals surface area contributed by atoms with Gasteiger partial charge in [0, 0.05) is 16.7 Å². The van der Waals surface area contributed by atoms with Crippen molar-refractivity contribution in [1.82, 2.24) is 9.97 Å². The van der Waals surface area contributed by atoms with Gasteiger partial charge in [0.25, 0.3) is 0 Å². The molecule has 0 atom stereocenters. The van der Waals surface area contributed by atoms with Crippen LogP contribution in [0.3, 0.4) is 0 Å². The zero-order valence-corrected chi connectivity index (χ0v) is 34.5. The molecule has 63 heavy (non-hydrogen) atoms. The minimum atomic E-state index is -0.478. The fourth-order valence-corrected chi connectivity index (χ4v) is 10.3. The Labute approximate surface area is 367 Å². The Hall–Kier alpha value is -8.20. The van der Waals surface area contributed by atoms with Crippen molar-refractivity contribution in [3.05, 3.63) is 265 Å². The van der Waals surface area contributed by atoms with Gasteiger partial charge in [-0.1, -0.05) is 237 Å². The van der Waals surface area contributed by atoms with E-state index in [1.165, 1.54) is 66.2 Å². The number of hydrogen-bond acceptors (Lipinski definition) is 2. The molecular weight excluding hydrogens is 761 g/mol. The first-order valence-electron chi connectivity index (χ1n) is 21.7. The first kappa shape index (κ1) is 36.6. The Morgan fingerprint density at radius 1 is 0.286 bits per heavy atom. The van der Waals surface area contributed by atoms with Crippen molar-refractivity contribution in [1.29, 1.82) is 0 Å². The molecule has 11 aromatic rings. The van der Waals surface area contributed by atoms with Gasteiger partial charge in [0.1, 0.15) is 0 Å². The number of rotatable bonds is 7. The molecule has 0 saturated carbocycles. The van der Waals surface area contributed by atoms with Gasteiger partial charge in [-0.3, -0.25) is 0 Å². The average Bonchev–Trinajstić information content (AvgIpc) is 3.68. The number of benzene rings is 10. The van der Waals surface area contributed by atoms with Crippen molar-refractivity contribution in [2.45, 2.75) is 5.41 Å². The van der Waals surface area contributed by atoms with Gasteiger partial charge < -0.3 is 0 Å². The van der Waals surface area contributed by atoms with E-state index in [4.69, 9.17) is 9.97 Å². The molecule has 1 aromatic heterocycles. The first-order chi connectivity index (χ1) is 31.3. The lowest BCUT2D eigenvalue weighted by atomic mass is 9.67. The highest BCUT2D eigenvalue weighted by molar-refractivity contribution is 6.09. The predicted molar refractivity (Wildman–Crippen MR) is 262 cm³/mol. The summed E-state index contributed by atoms with van der Waals surface area (Å²) < 4.78 is 0. The van der Waals surface area contributed by atoms with Gasteiger partial charge in [0.15, 0.2) is 5.82 Å². The van der Waals surface area contributed by atoms with E-state index in [1.54, 1.807) is 0 Å². The molecule has 0 spiro atoms. The number of hydrogen-bond donors (Lipinski definition) is 0. The van der Waals surface area contributed by atoms with Gasteiger partial charge >= 0.3 is 0 Å². The third-order valence-electron chi connectivity index (χ3n) is 13.0. The molecule has 1 heterocycles. The number of nitrogens with zero attached hydrogens (tertiary/aromatic N) is 2. The molecule has 0 amide bonds. The molecule has 0 saturated heterocycles. The van der Waals surface area contributed by atoms with Crippen LogP contribution in [0.2, 0.25) is 0 Å². The second-order valence-electron chi connectivity index (χ2n) is 16.4. The molecule has 1 aliphatic rings. The summed E-state index contributed by atoms with van der Waals surface area (Å²) in [7, 11) is 0. The summed E-state index contributed by atoms with van der Waals surface area (Å²) in [6, 6.07) is 87.7. The predicted octanol–water partition coefficient (Wildman–Crippen LogP) is 15.5. The monoisotopic (exact) mass is 800 g/mol. The van der Waals surface area contributed by atoms with Crippen LogP contribution in [0.4, 0.5) is 0 Å². The maximum absolute atomic E-state index is 5.37. The molecule has 2 nitrogen and oxygen atoms in total. The van der Waals surface area contributed by atoms with Crippen molar-refractivity contribution in [2.75, 3.05) is 0 Å². The van der Waals surface area contributed by atoms with E-state index in [2.05, 4.69) is 237 Å². The zero-order chi connectivity index (χ0) is 41.7. The lowest BCUT2D eigenvalue weighted by Crippen LogP contribution is -2.28. The Morgan fingerprint density at radius 3 is 1.48 bits per heavy atom. The van der Waals surface area contributed by atoms with Crippen LogP contribution in [0.15, 0.2) is 243 Å². The Bertz CT molecular complexity index is 3460. The van der Waals surface area contributed by atoms with Gasteiger partial charge in [-0.2, -0.15) is 0 Å². The van der Waals surface area contributed by atoms with Crippen molar-refractivity contribution >= 4 is 21.5 Å². The maximum Gasteiger partial charge on any atom is 0.160 e. The normalized spacial score (nSPS) is 12.6. The summed E-state index contributed by atoms with van der Waals surface area (Å²) in [5, 5.41) is 4.74. The molecule has 294 valence electrons. The molecule has 0 N–H and O–H groups in total. The minimum Gasteiger partial charge on any atom is -0.228 e. The lowest BCUT2D eigenvalue weighted by molar-refractivity contribution is 0.768. The van der Waals surface area contributed by atoms with Crippen LogP contribution in [0.1, 0.15) is 22.3 Å². The summed E-state index contributed by atoms with van der Waals surface area (Å²) in [6.07, 6.45) is 0. The summed E-state index contributed by atoms with van der Waals surface area (Å²) >= 11 is 0. The zero-order valence-electron chi connectivity index (χ0n) is 34.5. The third kappa shape index (κ3) is 5.87. The standard InChI is InChI=1S/C61H40N2/c1-4-21-42(22-5-1)60-62-57(51-32-15-14-30-48(51)46-34-18-23-41-20-10-11-28-45(41)46)40-58(63-60)52-39-38-50(47-29-12-13-31-49(47)52)53-35-19-37-56-59(53)54-33-16-17-36-55(54)61(56,43-24-6-2-7-25-43)44-26-8-3-9-27-44/h1-40H. The van der Waals surface area contributed by atoms with E-state index in [0.717, 1.165) is 39.0 Å². The summed E-state index contributed by atoms with van der Waals surface area (Å²) in [6.45, 7) is 0. The van der Waals surface area contributed by atoms with Crippen LogP contribution < -0.4 is 0 Å². The third-order valence-corrected chi connectivity index (χ3v) is 13.0. The van der Waals surface area contributed by atoms with Crippen molar-refractivity contribution in [3.8, 4) is 67.3 Å². The lowest BCUT2D eigenvalue weighted by Gasteiger charge is -2.34. The molecular formula is C61H40N2. The molecule has 12 rings (SSSR count). The average molecular weight is 801 g/mol. The van der Waals surface area contributed by atoms with Crippen LogP contribution in [0, 0.1) is 0 Å². The second-order valence-corrected chi connectivity index (χ2v) is 16.4. The van der Waals surface area contributed by atoms with Crippen LogP contribution >= 0.6 is 0 Å². The minimum absolute atomic E-state index is 0.478. The smallest absolute Gasteiger partial charge is 0.160 e. The molecule has 1 aliphatic carbocycles. The summed E-state index contributed by atoms with van der Waals surface area (Å²) in [4.78, 5) is 10.7. The van der Waals surface area contributed by atoms with Crippen LogP contribution in [-0.2, 0) is 5.41 Å². The fourth-order valence-electron chi connectivity index (χ4n) is 10.3. The molecule has 0 bridgehead atoms. The van der Waals surface area contributed by atoms with E-state index < -0.39 is 5.41 Å². The molecule has 0 fully saturated rings. The SMILES string of the molecule is c1ccc(-c2nc(-c3ccccc3-c3cccc4ccccc34)cc(-c3ccc(-c4cccc5c4-c4ccccc4C5(c4ccccc4)c4ccccc4)c4ccccc34)n2)cc1. The fraction of sp³-hybridized carbons (Fsp3) is 0.0164. The molecule has 0 radical (unpaired) electrons. The van der Waals surface area contributed by atoms with Crippen molar-refractivity contribution < 1.29 is 0 Å². The van der Waals surface area contributed by atoms with Gasteiger partial charge in [-0.05, 0) is 83.2 Å².